The lowest BCUT2D eigenvalue weighted by Gasteiger charge is -2.35. The minimum atomic E-state index is -0.402. The second-order valence-electron chi connectivity index (χ2n) is 5.56. The van der Waals surface area contributed by atoms with Crippen molar-refractivity contribution >= 4 is 5.91 Å². The lowest BCUT2D eigenvalue weighted by Crippen LogP contribution is -2.57. The first-order valence-electron chi connectivity index (χ1n) is 7.26. The maximum Gasteiger partial charge on any atom is 0.240 e. The van der Waals surface area contributed by atoms with Crippen molar-refractivity contribution < 1.29 is 4.79 Å². The number of hydrogen-bond donors (Lipinski definition) is 2. The molecule has 1 aliphatic heterocycles. The van der Waals surface area contributed by atoms with Gasteiger partial charge in [0.05, 0.1) is 11.6 Å². The molecule has 0 bridgehead atoms. The Morgan fingerprint density at radius 1 is 1.37 bits per heavy atom. The fourth-order valence-electron chi connectivity index (χ4n) is 2.67. The van der Waals surface area contributed by atoms with Gasteiger partial charge in [-0.25, -0.2) is 0 Å². The number of carbonyl (C=O) groups excluding carboxylic acids is 1. The number of piperidine rings is 1. The summed E-state index contributed by atoms with van der Waals surface area (Å²) in [6, 6.07) is 10.3. The molecule has 0 aliphatic carbocycles. The second-order valence-corrected chi connectivity index (χ2v) is 5.56. The second kappa shape index (κ2) is 6.20. The average Bonchev–Trinajstić information content (AvgIpc) is 2.46. The predicted molar refractivity (Wildman–Crippen MR) is 77.9 cm³/mol. The summed E-state index contributed by atoms with van der Waals surface area (Å²) in [5, 5.41) is 6.56. The van der Waals surface area contributed by atoms with Crippen molar-refractivity contribution in [2.24, 2.45) is 0 Å². The van der Waals surface area contributed by atoms with E-state index in [1.807, 2.05) is 25.1 Å². The molecule has 2 atom stereocenters. The Morgan fingerprint density at radius 2 is 2.11 bits per heavy atom. The average molecular weight is 260 g/mol. The fraction of sp³-hybridized carbons (Fsp3) is 0.562. The van der Waals surface area contributed by atoms with Gasteiger partial charge < -0.3 is 10.6 Å². The molecule has 0 spiro atoms. The molecule has 0 radical (unpaired) electrons. The Labute approximate surface area is 115 Å². The molecule has 3 heteroatoms. The molecular formula is C16H24N2O. The highest BCUT2D eigenvalue weighted by Gasteiger charge is 2.35. The van der Waals surface area contributed by atoms with Crippen LogP contribution in [0.5, 0.6) is 0 Å². The topological polar surface area (TPSA) is 41.1 Å². The van der Waals surface area contributed by atoms with Gasteiger partial charge in [0.1, 0.15) is 0 Å². The van der Waals surface area contributed by atoms with Crippen LogP contribution in [0.1, 0.15) is 51.1 Å². The van der Waals surface area contributed by atoms with E-state index in [1.165, 1.54) is 12.0 Å². The van der Waals surface area contributed by atoms with E-state index in [9.17, 15) is 4.79 Å². The summed E-state index contributed by atoms with van der Waals surface area (Å²) in [5.41, 5.74) is 0.776. The number of rotatable bonds is 4. The van der Waals surface area contributed by atoms with E-state index in [4.69, 9.17) is 0 Å². The molecule has 2 rings (SSSR count). The van der Waals surface area contributed by atoms with E-state index < -0.39 is 5.54 Å². The van der Waals surface area contributed by atoms with Gasteiger partial charge in [0.15, 0.2) is 0 Å². The molecule has 1 aromatic rings. The van der Waals surface area contributed by atoms with Crippen LogP contribution in [0.15, 0.2) is 30.3 Å². The summed E-state index contributed by atoms with van der Waals surface area (Å²) < 4.78 is 0. The maximum atomic E-state index is 12.5. The monoisotopic (exact) mass is 260 g/mol. The molecule has 1 fully saturated rings. The Kier molecular flexibility index (Phi) is 4.59. The van der Waals surface area contributed by atoms with Crippen molar-refractivity contribution in [1.82, 2.24) is 10.6 Å². The standard InChI is InChI=1S/C16H24N2O/c1-3-14(13-9-5-4-6-10-13)18-15(19)16(2)11-7-8-12-17-16/h4-6,9-10,14,17H,3,7-8,11-12H2,1-2H3,(H,18,19). The van der Waals surface area contributed by atoms with Crippen LogP contribution in [-0.2, 0) is 4.79 Å². The Bertz CT molecular complexity index is 410. The van der Waals surface area contributed by atoms with Crippen molar-refractivity contribution in [3.63, 3.8) is 0 Å². The van der Waals surface area contributed by atoms with Gasteiger partial charge in [0.2, 0.25) is 5.91 Å². The summed E-state index contributed by atoms with van der Waals surface area (Å²) in [5.74, 6) is 0.128. The molecular weight excluding hydrogens is 236 g/mol. The fourth-order valence-corrected chi connectivity index (χ4v) is 2.67. The summed E-state index contributed by atoms with van der Waals surface area (Å²) in [6.07, 6.45) is 4.12. The molecule has 19 heavy (non-hydrogen) atoms. The molecule has 1 aromatic carbocycles. The number of hydrogen-bond acceptors (Lipinski definition) is 2. The first-order chi connectivity index (χ1) is 9.15. The quantitative estimate of drug-likeness (QED) is 0.874. The minimum absolute atomic E-state index is 0.106. The largest absolute Gasteiger partial charge is 0.348 e. The molecule has 2 unspecified atom stereocenters. The molecule has 3 nitrogen and oxygen atoms in total. The molecule has 1 saturated heterocycles. The van der Waals surface area contributed by atoms with E-state index in [1.54, 1.807) is 0 Å². The smallest absolute Gasteiger partial charge is 0.240 e. The summed E-state index contributed by atoms with van der Waals surface area (Å²) in [7, 11) is 0. The molecule has 1 amide bonds. The van der Waals surface area contributed by atoms with Crippen LogP contribution in [0.25, 0.3) is 0 Å². The van der Waals surface area contributed by atoms with Crippen LogP contribution in [-0.4, -0.2) is 18.0 Å². The Hall–Kier alpha value is -1.35. The highest BCUT2D eigenvalue weighted by molar-refractivity contribution is 5.86. The third kappa shape index (κ3) is 3.35. The summed E-state index contributed by atoms with van der Waals surface area (Å²) in [4.78, 5) is 12.5. The number of carbonyl (C=O) groups is 1. The van der Waals surface area contributed by atoms with Crippen molar-refractivity contribution in [3.05, 3.63) is 35.9 Å². The van der Waals surface area contributed by atoms with Crippen molar-refractivity contribution in [2.75, 3.05) is 6.54 Å². The van der Waals surface area contributed by atoms with E-state index in [-0.39, 0.29) is 11.9 Å². The van der Waals surface area contributed by atoms with Gasteiger partial charge in [-0.15, -0.1) is 0 Å². The lowest BCUT2D eigenvalue weighted by molar-refractivity contribution is -0.128. The van der Waals surface area contributed by atoms with Gasteiger partial charge in [-0.2, -0.15) is 0 Å². The van der Waals surface area contributed by atoms with Crippen molar-refractivity contribution in [2.45, 2.75) is 51.1 Å². The zero-order valence-corrected chi connectivity index (χ0v) is 11.9. The first kappa shape index (κ1) is 14.1. The lowest BCUT2D eigenvalue weighted by atomic mass is 9.89. The highest BCUT2D eigenvalue weighted by atomic mass is 16.2. The number of amides is 1. The van der Waals surface area contributed by atoms with E-state index in [2.05, 4.69) is 29.7 Å². The van der Waals surface area contributed by atoms with Crippen LogP contribution >= 0.6 is 0 Å². The van der Waals surface area contributed by atoms with Gasteiger partial charge in [-0.05, 0) is 44.7 Å². The predicted octanol–water partition coefficient (Wildman–Crippen LogP) is 2.79. The number of nitrogens with one attached hydrogen (secondary N) is 2. The Balaban J connectivity index is 2.04. The highest BCUT2D eigenvalue weighted by Crippen LogP contribution is 2.22. The van der Waals surface area contributed by atoms with Crippen LogP contribution < -0.4 is 10.6 Å². The normalized spacial score (nSPS) is 24.7. The molecule has 0 saturated carbocycles. The van der Waals surface area contributed by atoms with Gasteiger partial charge in [0.25, 0.3) is 0 Å². The van der Waals surface area contributed by atoms with Crippen LogP contribution in [0.3, 0.4) is 0 Å². The van der Waals surface area contributed by atoms with Crippen LogP contribution in [0.2, 0.25) is 0 Å². The van der Waals surface area contributed by atoms with Gasteiger partial charge in [-0.3, -0.25) is 4.79 Å². The van der Waals surface area contributed by atoms with Gasteiger partial charge in [0, 0.05) is 0 Å². The molecule has 0 aromatic heterocycles. The first-order valence-corrected chi connectivity index (χ1v) is 7.26. The van der Waals surface area contributed by atoms with E-state index in [0.717, 1.165) is 25.8 Å². The zero-order chi connectivity index (χ0) is 13.7. The molecule has 2 N–H and O–H groups in total. The molecule has 1 heterocycles. The van der Waals surface area contributed by atoms with Crippen molar-refractivity contribution in [1.29, 1.82) is 0 Å². The van der Waals surface area contributed by atoms with E-state index in [0.29, 0.717) is 0 Å². The Morgan fingerprint density at radius 3 is 2.68 bits per heavy atom. The van der Waals surface area contributed by atoms with Gasteiger partial charge in [-0.1, -0.05) is 37.3 Å². The summed E-state index contributed by atoms with van der Waals surface area (Å²) >= 11 is 0. The maximum absolute atomic E-state index is 12.5. The number of benzene rings is 1. The minimum Gasteiger partial charge on any atom is -0.348 e. The third-order valence-corrected chi connectivity index (χ3v) is 4.04. The molecule has 1 aliphatic rings. The van der Waals surface area contributed by atoms with Crippen molar-refractivity contribution in [3.8, 4) is 0 Å². The van der Waals surface area contributed by atoms with Crippen LogP contribution in [0.4, 0.5) is 0 Å². The zero-order valence-electron chi connectivity index (χ0n) is 11.9. The van der Waals surface area contributed by atoms with E-state index >= 15 is 0 Å². The SMILES string of the molecule is CCC(NC(=O)C1(C)CCCCN1)c1ccccc1. The van der Waals surface area contributed by atoms with Gasteiger partial charge >= 0.3 is 0 Å². The third-order valence-electron chi connectivity index (χ3n) is 4.04. The van der Waals surface area contributed by atoms with Crippen LogP contribution in [0, 0.1) is 0 Å². The molecule has 104 valence electrons. The summed E-state index contributed by atoms with van der Waals surface area (Å²) in [6.45, 7) is 5.06.